The molecule has 98 valence electrons. The second-order valence-electron chi connectivity index (χ2n) is 4.97. The zero-order valence-electron chi connectivity index (χ0n) is 11.9. The molecule has 0 aromatic carbocycles. The highest BCUT2D eigenvalue weighted by molar-refractivity contribution is 6.36. The van der Waals surface area contributed by atoms with Gasteiger partial charge in [-0.3, -0.25) is 0 Å². The molecular weight excluding hydrogens is 236 g/mol. The number of ether oxygens (including phenoxy) is 2. The van der Waals surface area contributed by atoms with Crippen LogP contribution in [0.2, 0.25) is 5.54 Å². The lowest BCUT2D eigenvalue weighted by Crippen LogP contribution is -2.54. The maximum atomic E-state index is 5.81. The van der Waals surface area contributed by atoms with Crippen molar-refractivity contribution in [2.24, 2.45) is 0 Å². The Kier molecular flexibility index (Phi) is 7.04. The molecule has 0 rings (SSSR count). The molecule has 0 heterocycles. The maximum Gasteiger partial charge on any atom is 0.151 e. The van der Waals surface area contributed by atoms with Crippen LogP contribution in [0, 0.1) is 0 Å². The van der Waals surface area contributed by atoms with Crippen molar-refractivity contribution in [3.8, 4) is 0 Å². The molecule has 0 radical (unpaired) electrons. The largest absolute Gasteiger partial charge is 0.468 e. The maximum absolute atomic E-state index is 5.81. The van der Waals surface area contributed by atoms with Crippen molar-refractivity contribution in [1.82, 2.24) is 0 Å². The minimum Gasteiger partial charge on any atom is -0.468 e. The molecule has 2 atom stereocenters. The lowest BCUT2D eigenvalue weighted by atomic mass is 9.82. The van der Waals surface area contributed by atoms with Gasteiger partial charge in [0.05, 0.1) is 11.2 Å². The number of methoxy groups -OCH3 is 2. The third kappa shape index (κ3) is 3.40. The zero-order valence-corrected chi connectivity index (χ0v) is 15.3. The second-order valence-corrected chi connectivity index (χ2v) is 8.59. The number of hydrogen-bond donors (Lipinski definition) is 0. The van der Waals surface area contributed by atoms with E-state index in [0.717, 1.165) is 16.9 Å². The highest BCUT2D eigenvalue weighted by Crippen LogP contribution is 2.40. The standard InChI is InChI=1S/C11H28O3Si2/c1-7-8-9(16-14-15)11(4,13-6)10(2,3)12-5/h9H,7-8,16H2,1-6,15H3. The van der Waals surface area contributed by atoms with Gasteiger partial charge in [-0.15, -0.1) is 0 Å². The molecule has 16 heavy (non-hydrogen) atoms. The molecule has 0 aromatic rings. The van der Waals surface area contributed by atoms with Gasteiger partial charge in [0.2, 0.25) is 0 Å². The predicted octanol–water partition coefficient (Wildman–Crippen LogP) is 0.786. The van der Waals surface area contributed by atoms with Gasteiger partial charge in [-0.05, 0) is 27.2 Å². The van der Waals surface area contributed by atoms with Crippen LogP contribution >= 0.6 is 0 Å². The van der Waals surface area contributed by atoms with Crippen LogP contribution in [-0.2, 0) is 13.6 Å². The first-order valence-corrected chi connectivity index (χ1v) is 8.19. The molecule has 0 fully saturated rings. The minimum absolute atomic E-state index is 0.256. The molecule has 0 amide bonds. The van der Waals surface area contributed by atoms with E-state index in [9.17, 15) is 0 Å². The van der Waals surface area contributed by atoms with Crippen molar-refractivity contribution in [3.63, 3.8) is 0 Å². The van der Waals surface area contributed by atoms with Gasteiger partial charge >= 0.3 is 0 Å². The van der Waals surface area contributed by atoms with E-state index in [0.29, 0.717) is 5.54 Å². The Morgan fingerprint density at radius 2 is 1.75 bits per heavy atom. The van der Waals surface area contributed by atoms with Gasteiger partial charge in [-0.1, -0.05) is 13.3 Å². The van der Waals surface area contributed by atoms with Crippen LogP contribution in [0.4, 0.5) is 0 Å². The average Bonchev–Trinajstić information content (AvgIpc) is 2.27. The van der Waals surface area contributed by atoms with Crippen LogP contribution in [0.25, 0.3) is 0 Å². The minimum atomic E-state index is -0.523. The molecule has 3 nitrogen and oxygen atoms in total. The van der Waals surface area contributed by atoms with Crippen molar-refractivity contribution in [1.29, 1.82) is 0 Å². The van der Waals surface area contributed by atoms with Crippen LogP contribution < -0.4 is 0 Å². The molecule has 0 bridgehead atoms. The highest BCUT2D eigenvalue weighted by atomic mass is 28.3. The monoisotopic (exact) mass is 264 g/mol. The summed E-state index contributed by atoms with van der Waals surface area (Å²) in [6, 6.07) is 0. The lowest BCUT2D eigenvalue weighted by Gasteiger charge is -2.47. The Bertz CT molecular complexity index is 194. The van der Waals surface area contributed by atoms with Gasteiger partial charge in [0.1, 0.15) is 10.5 Å². The van der Waals surface area contributed by atoms with E-state index in [2.05, 4.69) is 27.7 Å². The van der Waals surface area contributed by atoms with Crippen molar-refractivity contribution in [3.05, 3.63) is 0 Å². The van der Waals surface area contributed by atoms with Gasteiger partial charge in [0.25, 0.3) is 0 Å². The molecule has 0 aliphatic rings. The molecule has 0 aliphatic carbocycles. The third-order valence-electron chi connectivity index (χ3n) is 3.91. The fraction of sp³-hybridized carbons (Fsp3) is 1.00. The first-order valence-electron chi connectivity index (χ1n) is 5.98. The van der Waals surface area contributed by atoms with E-state index in [1.807, 2.05) is 0 Å². The first-order chi connectivity index (χ1) is 7.39. The Morgan fingerprint density at radius 1 is 1.19 bits per heavy atom. The summed E-state index contributed by atoms with van der Waals surface area (Å²) in [7, 11) is 3.85. The SMILES string of the molecule is CCCC([SiH2]O[SiH3])C(C)(OC)C(C)(C)OC. The molecule has 0 N–H and O–H groups in total. The summed E-state index contributed by atoms with van der Waals surface area (Å²) >= 11 is 0. The van der Waals surface area contributed by atoms with E-state index in [1.165, 1.54) is 6.42 Å². The van der Waals surface area contributed by atoms with E-state index >= 15 is 0 Å². The van der Waals surface area contributed by atoms with Crippen LogP contribution in [0.3, 0.4) is 0 Å². The molecule has 0 spiro atoms. The predicted molar refractivity (Wildman–Crippen MR) is 74.7 cm³/mol. The normalized spacial score (nSPS) is 19.1. The molecule has 5 heteroatoms. The molecule has 0 saturated heterocycles. The summed E-state index contributed by atoms with van der Waals surface area (Å²) in [6.07, 6.45) is 2.33. The Labute approximate surface area is 106 Å². The molecule has 0 aliphatic heterocycles. The summed E-state index contributed by atoms with van der Waals surface area (Å²) in [5.41, 5.74) is -0.0294. The number of rotatable bonds is 8. The van der Waals surface area contributed by atoms with Crippen LogP contribution in [0.1, 0.15) is 40.5 Å². The molecule has 0 aromatic heterocycles. The highest BCUT2D eigenvalue weighted by Gasteiger charge is 2.47. The van der Waals surface area contributed by atoms with Gasteiger partial charge in [-0.2, -0.15) is 0 Å². The van der Waals surface area contributed by atoms with E-state index < -0.39 is 9.76 Å². The molecule has 2 unspecified atom stereocenters. The zero-order chi connectivity index (χ0) is 12.8. The van der Waals surface area contributed by atoms with E-state index in [1.54, 1.807) is 14.2 Å². The average molecular weight is 265 g/mol. The lowest BCUT2D eigenvalue weighted by molar-refractivity contribution is -0.162. The Hall–Kier alpha value is 0.314. The summed E-state index contributed by atoms with van der Waals surface area (Å²) < 4.78 is 17.0. The van der Waals surface area contributed by atoms with Gasteiger partial charge in [0.15, 0.2) is 9.76 Å². The fourth-order valence-electron chi connectivity index (χ4n) is 2.17. The summed E-state index contributed by atoms with van der Waals surface area (Å²) in [6.45, 7) is 8.57. The Morgan fingerprint density at radius 3 is 2.06 bits per heavy atom. The summed E-state index contributed by atoms with van der Waals surface area (Å²) in [4.78, 5) is 0. The number of hydrogen-bond acceptors (Lipinski definition) is 3. The first kappa shape index (κ1) is 16.3. The summed E-state index contributed by atoms with van der Waals surface area (Å²) in [5, 5.41) is 0. The fourth-order valence-corrected chi connectivity index (χ4v) is 5.33. The van der Waals surface area contributed by atoms with E-state index in [-0.39, 0.29) is 11.2 Å². The molecular formula is C11H28O3Si2. The topological polar surface area (TPSA) is 27.7 Å². The molecule has 0 saturated carbocycles. The van der Waals surface area contributed by atoms with Crippen LogP contribution in [0.5, 0.6) is 0 Å². The smallest absolute Gasteiger partial charge is 0.151 e. The van der Waals surface area contributed by atoms with Crippen molar-refractivity contribution in [2.75, 3.05) is 14.2 Å². The van der Waals surface area contributed by atoms with Crippen molar-refractivity contribution >= 4 is 20.2 Å². The second kappa shape index (κ2) is 6.91. The van der Waals surface area contributed by atoms with E-state index in [4.69, 9.17) is 13.6 Å². The van der Waals surface area contributed by atoms with Crippen molar-refractivity contribution in [2.45, 2.75) is 57.3 Å². The van der Waals surface area contributed by atoms with Gasteiger partial charge in [0, 0.05) is 19.8 Å². The quantitative estimate of drug-likeness (QED) is 0.607. The van der Waals surface area contributed by atoms with Gasteiger partial charge in [-0.25, -0.2) is 0 Å². The van der Waals surface area contributed by atoms with Gasteiger partial charge < -0.3 is 13.6 Å². The summed E-state index contributed by atoms with van der Waals surface area (Å²) in [5.74, 6) is 0. The third-order valence-corrected chi connectivity index (χ3v) is 6.84. The van der Waals surface area contributed by atoms with Crippen LogP contribution in [-0.4, -0.2) is 45.7 Å². The van der Waals surface area contributed by atoms with Crippen LogP contribution in [0.15, 0.2) is 0 Å². The Balaban J connectivity index is 5.00. The van der Waals surface area contributed by atoms with Crippen molar-refractivity contribution < 1.29 is 13.6 Å².